The molecule has 1 fully saturated rings. The molecule has 0 aromatic carbocycles. The lowest BCUT2D eigenvalue weighted by Gasteiger charge is -2.40. The second-order valence-corrected chi connectivity index (χ2v) is 7.33. The average molecular weight is 443 g/mol. The van der Waals surface area contributed by atoms with Gasteiger partial charge in [-0.25, -0.2) is 19.9 Å². The van der Waals surface area contributed by atoms with Crippen molar-refractivity contribution in [2.75, 3.05) is 18.0 Å². The molecule has 10 heteroatoms. The Morgan fingerprint density at radius 2 is 2.21 bits per heavy atom. The largest absolute Gasteiger partial charge is 0.404 e. The van der Waals surface area contributed by atoms with Crippen LogP contribution in [-0.2, 0) is 0 Å². The maximum Gasteiger partial charge on any atom is 0.180 e. The Labute approximate surface area is 170 Å². The van der Waals surface area contributed by atoms with E-state index in [-0.39, 0.29) is 12.1 Å². The zero-order chi connectivity index (χ0) is 19.7. The van der Waals surface area contributed by atoms with Crippen molar-refractivity contribution in [3.8, 4) is 11.5 Å². The third-order valence-corrected chi connectivity index (χ3v) is 5.37. The fraction of sp³-hybridized carbons (Fsp3) is 0.278. The molecule has 1 aliphatic heterocycles. The van der Waals surface area contributed by atoms with Gasteiger partial charge in [0.05, 0.1) is 18.4 Å². The number of hydrogen-bond donors (Lipinski definition) is 3. The Bertz CT molecular complexity index is 1040. The van der Waals surface area contributed by atoms with Crippen LogP contribution in [0.5, 0.6) is 0 Å². The van der Waals surface area contributed by atoms with E-state index in [4.69, 9.17) is 16.1 Å². The molecule has 1 aliphatic rings. The molecule has 3 aromatic rings. The van der Waals surface area contributed by atoms with Crippen LogP contribution in [-0.4, -0.2) is 55.7 Å². The number of nitrogens with one attached hydrogen (secondary N) is 1. The molecule has 9 nitrogen and oxygen atoms in total. The normalized spacial score (nSPS) is 20.5. The van der Waals surface area contributed by atoms with Crippen molar-refractivity contribution < 1.29 is 5.41 Å². The summed E-state index contributed by atoms with van der Waals surface area (Å²) in [5.74, 6) is 1.45. The van der Waals surface area contributed by atoms with Crippen molar-refractivity contribution in [2.24, 2.45) is 5.73 Å². The fourth-order valence-corrected chi connectivity index (χ4v) is 3.85. The first-order chi connectivity index (χ1) is 13.6. The van der Waals surface area contributed by atoms with Crippen molar-refractivity contribution in [2.45, 2.75) is 19.0 Å². The number of piperazine rings is 1. The van der Waals surface area contributed by atoms with E-state index in [1.54, 1.807) is 31.0 Å². The summed E-state index contributed by atoms with van der Waals surface area (Å²) >= 11 is 3.40. The standard InChI is InChI=1S/C18H20BrN9/c1-11-17(12(6-20)7-21)22-4-5-27(11)15-2-3-23-18(26-15)13-8-25-16-9-24-14(19)10-28(13)16/h2-3,6-11,17,20,22H,4-5,21H2,1H3/p+1/b12-7+,20-6?. The highest BCUT2D eigenvalue weighted by atomic mass is 79.9. The molecule has 0 spiro atoms. The first-order valence-corrected chi connectivity index (χ1v) is 9.70. The van der Waals surface area contributed by atoms with Crippen LogP contribution < -0.4 is 21.4 Å². The van der Waals surface area contributed by atoms with E-state index in [1.807, 2.05) is 16.7 Å². The number of nitrogens with two attached hydrogens (primary N) is 2. The number of rotatable bonds is 4. The van der Waals surface area contributed by atoms with Gasteiger partial charge in [-0.15, -0.1) is 0 Å². The summed E-state index contributed by atoms with van der Waals surface area (Å²) in [5.41, 5.74) is 8.14. The van der Waals surface area contributed by atoms with Crippen LogP contribution in [0, 0.1) is 0 Å². The van der Waals surface area contributed by atoms with Gasteiger partial charge < -0.3 is 16.0 Å². The quantitative estimate of drug-likeness (QED) is 0.477. The molecular weight excluding hydrogens is 422 g/mol. The van der Waals surface area contributed by atoms with E-state index in [2.05, 4.69) is 48.0 Å². The molecule has 0 aliphatic carbocycles. The summed E-state index contributed by atoms with van der Waals surface area (Å²) in [5, 5.41) is 9.21. The first-order valence-electron chi connectivity index (χ1n) is 8.91. The van der Waals surface area contributed by atoms with E-state index < -0.39 is 0 Å². The van der Waals surface area contributed by atoms with E-state index >= 15 is 0 Å². The van der Waals surface area contributed by atoms with Crippen molar-refractivity contribution >= 4 is 33.6 Å². The summed E-state index contributed by atoms with van der Waals surface area (Å²) in [6.45, 7) is 3.75. The highest BCUT2D eigenvalue weighted by molar-refractivity contribution is 9.10. The molecule has 2 atom stereocenters. The van der Waals surface area contributed by atoms with Gasteiger partial charge in [0.15, 0.2) is 17.7 Å². The number of imidazole rings is 1. The molecule has 0 radical (unpaired) electrons. The molecule has 4 rings (SSSR count). The number of halogens is 1. The third kappa shape index (κ3) is 3.25. The predicted molar refractivity (Wildman–Crippen MR) is 111 cm³/mol. The van der Waals surface area contributed by atoms with Crippen molar-refractivity contribution in [3.05, 3.63) is 47.2 Å². The van der Waals surface area contributed by atoms with E-state index in [9.17, 15) is 0 Å². The van der Waals surface area contributed by atoms with Crippen LogP contribution in [0.3, 0.4) is 0 Å². The molecule has 0 saturated carbocycles. The van der Waals surface area contributed by atoms with Crippen LogP contribution in [0.15, 0.2) is 47.2 Å². The minimum absolute atomic E-state index is 0.0278. The third-order valence-electron chi connectivity index (χ3n) is 4.96. The molecule has 2 unspecified atom stereocenters. The van der Waals surface area contributed by atoms with Gasteiger partial charge in [-0.3, -0.25) is 9.81 Å². The number of anilines is 1. The molecule has 0 amide bonds. The van der Waals surface area contributed by atoms with Gasteiger partial charge in [-0.05, 0) is 28.9 Å². The molecule has 5 N–H and O–H groups in total. The molecule has 144 valence electrons. The lowest BCUT2D eigenvalue weighted by atomic mass is 9.98. The minimum Gasteiger partial charge on any atom is -0.404 e. The van der Waals surface area contributed by atoms with E-state index in [0.29, 0.717) is 10.4 Å². The van der Waals surface area contributed by atoms with Gasteiger partial charge in [0.1, 0.15) is 16.1 Å². The number of fused-ring (bicyclic) bond motifs is 1. The van der Waals surface area contributed by atoms with E-state index in [0.717, 1.165) is 35.8 Å². The van der Waals surface area contributed by atoms with Gasteiger partial charge in [-0.2, -0.15) is 0 Å². The molecule has 28 heavy (non-hydrogen) atoms. The Kier molecular flexibility index (Phi) is 5.05. The number of hydrogen-bond acceptors (Lipinski definition) is 7. The summed E-state index contributed by atoms with van der Waals surface area (Å²) in [7, 11) is 0. The lowest BCUT2D eigenvalue weighted by Crippen LogP contribution is -2.59. The zero-order valence-electron chi connectivity index (χ0n) is 15.3. The smallest absolute Gasteiger partial charge is 0.180 e. The van der Waals surface area contributed by atoms with Crippen LogP contribution in [0.1, 0.15) is 6.92 Å². The van der Waals surface area contributed by atoms with Crippen molar-refractivity contribution in [1.29, 1.82) is 0 Å². The van der Waals surface area contributed by atoms with E-state index in [1.165, 1.54) is 0 Å². The molecular formula is C18H21BrN9+. The highest BCUT2D eigenvalue weighted by Crippen LogP contribution is 2.24. The average Bonchev–Trinajstić information content (AvgIpc) is 3.13. The molecule has 0 bridgehead atoms. The van der Waals surface area contributed by atoms with Crippen LogP contribution >= 0.6 is 15.9 Å². The maximum atomic E-state index is 5.74. The van der Waals surface area contributed by atoms with Crippen LogP contribution in [0.2, 0.25) is 0 Å². The Morgan fingerprint density at radius 1 is 1.36 bits per heavy atom. The molecule has 3 aromatic heterocycles. The summed E-state index contributed by atoms with van der Waals surface area (Å²) in [6, 6.07) is 2.06. The number of aromatic nitrogens is 5. The number of nitrogens with zero attached hydrogens (tertiary/aromatic N) is 6. The molecule has 1 saturated heterocycles. The topological polar surface area (TPSA) is 123 Å². The zero-order valence-corrected chi connectivity index (χ0v) is 16.9. The van der Waals surface area contributed by atoms with Crippen LogP contribution in [0.4, 0.5) is 5.82 Å². The van der Waals surface area contributed by atoms with Gasteiger partial charge in [-0.1, -0.05) is 0 Å². The lowest BCUT2D eigenvalue weighted by molar-refractivity contribution is -0.105. The second kappa shape index (κ2) is 7.64. The second-order valence-electron chi connectivity index (χ2n) is 6.52. The maximum absolute atomic E-state index is 5.74. The summed E-state index contributed by atoms with van der Waals surface area (Å²) < 4.78 is 2.63. The van der Waals surface area contributed by atoms with Gasteiger partial charge in [0.25, 0.3) is 0 Å². The Morgan fingerprint density at radius 3 is 3.00 bits per heavy atom. The molecule has 4 heterocycles. The SMILES string of the molecule is CC1C(/C(C=[NH2+])=C/N)NCCN1c1ccnc(-c2cnc3cnc(Br)cn23)n1. The van der Waals surface area contributed by atoms with Gasteiger partial charge >= 0.3 is 0 Å². The Balaban J connectivity index is 1.70. The summed E-state index contributed by atoms with van der Waals surface area (Å²) in [4.78, 5) is 20.1. The van der Waals surface area contributed by atoms with Gasteiger partial charge in [0, 0.05) is 43.3 Å². The van der Waals surface area contributed by atoms with Gasteiger partial charge in [0.2, 0.25) is 0 Å². The van der Waals surface area contributed by atoms with Crippen molar-refractivity contribution in [3.63, 3.8) is 0 Å². The van der Waals surface area contributed by atoms with Crippen LogP contribution in [0.25, 0.3) is 17.2 Å². The Hall–Kier alpha value is -2.85. The predicted octanol–water partition coefficient (Wildman–Crippen LogP) is -0.212. The summed E-state index contributed by atoms with van der Waals surface area (Å²) in [6.07, 6.45) is 10.2. The highest BCUT2D eigenvalue weighted by Gasteiger charge is 2.31. The monoisotopic (exact) mass is 442 g/mol. The minimum atomic E-state index is 0.0278. The van der Waals surface area contributed by atoms with Crippen molar-refractivity contribution in [1.82, 2.24) is 29.7 Å². The first kappa shape index (κ1) is 18.5. The fourth-order valence-electron chi connectivity index (χ4n) is 3.54.